The van der Waals surface area contributed by atoms with E-state index in [9.17, 15) is 22.8 Å². The Balaban J connectivity index is 2.72. The van der Waals surface area contributed by atoms with Gasteiger partial charge < -0.3 is 10.1 Å². The summed E-state index contributed by atoms with van der Waals surface area (Å²) in [7, 11) is -2.70. The van der Waals surface area contributed by atoms with Gasteiger partial charge in [-0.25, -0.2) is 17.9 Å². The maximum atomic E-state index is 12.2. The van der Waals surface area contributed by atoms with Gasteiger partial charge in [0, 0.05) is 5.56 Å². The third-order valence-corrected chi connectivity index (χ3v) is 4.94. The molecule has 1 aromatic rings. The summed E-state index contributed by atoms with van der Waals surface area (Å²) in [4.78, 5) is 34.8. The predicted octanol–water partition coefficient (Wildman–Crippen LogP) is 0.871. The minimum absolute atomic E-state index is 0.0676. The Morgan fingerprint density at radius 2 is 1.69 bits per heavy atom. The summed E-state index contributed by atoms with van der Waals surface area (Å²) >= 11 is 0. The number of nitrogens with one attached hydrogen (secondary N) is 2. The number of benzene rings is 1. The van der Waals surface area contributed by atoms with Crippen LogP contribution in [0.4, 0.5) is 0 Å². The van der Waals surface area contributed by atoms with Crippen molar-refractivity contribution in [3.8, 4) is 0 Å². The van der Waals surface area contributed by atoms with E-state index >= 15 is 0 Å². The third-order valence-electron chi connectivity index (χ3n) is 3.52. The molecule has 8 nitrogen and oxygen atoms in total. The molecule has 0 fully saturated rings. The lowest BCUT2D eigenvalue weighted by atomic mass is 10.0. The SMILES string of the molecule is COC(=O)[C@H](CC(C)C)NC(=O)CNS(=O)(=O)c1ccc(C(C)=O)cc1. The lowest BCUT2D eigenvalue weighted by molar-refractivity contribution is -0.145. The summed E-state index contributed by atoms with van der Waals surface area (Å²) in [5.74, 6) is -1.28. The van der Waals surface area contributed by atoms with Crippen molar-refractivity contribution in [3.63, 3.8) is 0 Å². The fraction of sp³-hybridized carbons (Fsp3) is 0.471. The van der Waals surface area contributed by atoms with Crippen LogP contribution in [0.25, 0.3) is 0 Å². The van der Waals surface area contributed by atoms with Gasteiger partial charge in [-0.1, -0.05) is 26.0 Å². The van der Waals surface area contributed by atoms with E-state index in [0.29, 0.717) is 12.0 Å². The lowest BCUT2D eigenvalue weighted by Crippen LogP contribution is -2.46. The summed E-state index contributed by atoms with van der Waals surface area (Å²) in [6, 6.07) is 4.52. The summed E-state index contributed by atoms with van der Waals surface area (Å²) in [5.41, 5.74) is 0.385. The zero-order valence-corrected chi connectivity index (χ0v) is 16.1. The van der Waals surface area contributed by atoms with Gasteiger partial charge in [-0.05, 0) is 31.4 Å². The third kappa shape index (κ3) is 6.57. The van der Waals surface area contributed by atoms with Crippen molar-refractivity contribution in [1.82, 2.24) is 10.0 Å². The molecule has 2 N–H and O–H groups in total. The van der Waals surface area contributed by atoms with E-state index in [-0.39, 0.29) is 16.6 Å². The van der Waals surface area contributed by atoms with Crippen LogP contribution < -0.4 is 10.0 Å². The highest BCUT2D eigenvalue weighted by Crippen LogP contribution is 2.11. The second-order valence-electron chi connectivity index (χ2n) is 6.18. The highest BCUT2D eigenvalue weighted by Gasteiger charge is 2.23. The number of ether oxygens (including phenoxy) is 1. The fourth-order valence-corrected chi connectivity index (χ4v) is 3.17. The van der Waals surface area contributed by atoms with Crippen LogP contribution in [0.3, 0.4) is 0 Å². The van der Waals surface area contributed by atoms with Crippen LogP contribution in [0.5, 0.6) is 0 Å². The van der Waals surface area contributed by atoms with Crippen molar-refractivity contribution >= 4 is 27.7 Å². The molecule has 0 aromatic heterocycles. The molecular weight excluding hydrogens is 360 g/mol. The first-order chi connectivity index (χ1) is 12.1. The fourth-order valence-electron chi connectivity index (χ4n) is 2.19. The van der Waals surface area contributed by atoms with Crippen LogP contribution in [0.1, 0.15) is 37.6 Å². The molecule has 0 spiro atoms. The van der Waals surface area contributed by atoms with Gasteiger partial charge in [0.1, 0.15) is 6.04 Å². The maximum Gasteiger partial charge on any atom is 0.328 e. The molecule has 0 aliphatic rings. The Hall–Kier alpha value is -2.26. The first-order valence-electron chi connectivity index (χ1n) is 8.04. The number of hydrogen-bond donors (Lipinski definition) is 2. The number of sulfonamides is 1. The van der Waals surface area contributed by atoms with Gasteiger partial charge in [0.05, 0.1) is 18.6 Å². The molecule has 0 radical (unpaired) electrons. The van der Waals surface area contributed by atoms with E-state index < -0.39 is 34.5 Å². The summed E-state index contributed by atoms with van der Waals surface area (Å²) in [5, 5.41) is 2.46. The van der Waals surface area contributed by atoms with E-state index in [4.69, 9.17) is 0 Å². The van der Waals surface area contributed by atoms with Gasteiger partial charge in [-0.3, -0.25) is 9.59 Å². The Morgan fingerprint density at radius 3 is 2.15 bits per heavy atom. The monoisotopic (exact) mass is 384 g/mol. The van der Waals surface area contributed by atoms with E-state index in [0.717, 1.165) is 0 Å². The number of methoxy groups -OCH3 is 1. The van der Waals surface area contributed by atoms with Gasteiger partial charge in [-0.15, -0.1) is 0 Å². The molecule has 0 unspecified atom stereocenters. The molecule has 1 amide bonds. The number of rotatable bonds is 9. The molecule has 0 heterocycles. The van der Waals surface area contributed by atoms with Crippen molar-refractivity contribution in [1.29, 1.82) is 0 Å². The number of esters is 1. The van der Waals surface area contributed by atoms with Crippen LogP contribution in [0.15, 0.2) is 29.2 Å². The number of carbonyl (C=O) groups excluding carboxylic acids is 3. The second-order valence-corrected chi connectivity index (χ2v) is 7.94. The van der Waals surface area contributed by atoms with Crippen molar-refractivity contribution in [2.45, 2.75) is 38.1 Å². The Bertz CT molecular complexity index is 756. The summed E-state index contributed by atoms with van der Waals surface area (Å²) in [6.07, 6.45) is 0.373. The number of hydrogen-bond acceptors (Lipinski definition) is 6. The van der Waals surface area contributed by atoms with E-state index in [1.54, 1.807) is 0 Å². The van der Waals surface area contributed by atoms with Crippen molar-refractivity contribution < 1.29 is 27.5 Å². The van der Waals surface area contributed by atoms with Crippen molar-refractivity contribution in [3.05, 3.63) is 29.8 Å². The molecule has 9 heteroatoms. The van der Waals surface area contributed by atoms with Gasteiger partial charge in [0.2, 0.25) is 15.9 Å². The van der Waals surface area contributed by atoms with Crippen LogP contribution >= 0.6 is 0 Å². The second kappa shape index (κ2) is 9.44. The standard InChI is InChI=1S/C17H24N2O6S/c1-11(2)9-15(17(22)25-4)19-16(21)10-18-26(23,24)14-7-5-13(6-8-14)12(3)20/h5-8,11,15,18H,9-10H2,1-4H3,(H,19,21)/t15-/m0/s1. The molecule has 1 atom stereocenters. The van der Waals surface area contributed by atoms with Crippen molar-refractivity contribution in [2.75, 3.05) is 13.7 Å². The first-order valence-corrected chi connectivity index (χ1v) is 9.53. The van der Waals surface area contributed by atoms with Crippen LogP contribution in [0, 0.1) is 5.92 Å². The summed E-state index contributed by atoms with van der Waals surface area (Å²) in [6.45, 7) is 4.62. The Kier molecular flexibility index (Phi) is 7.91. The average molecular weight is 384 g/mol. The van der Waals surface area contributed by atoms with Crippen LogP contribution in [-0.2, 0) is 24.3 Å². The highest BCUT2D eigenvalue weighted by atomic mass is 32.2. The number of Topliss-reactive ketones (excluding diaryl/α,β-unsaturated/α-hetero) is 1. The van der Waals surface area contributed by atoms with Gasteiger partial charge >= 0.3 is 5.97 Å². The van der Waals surface area contributed by atoms with E-state index in [1.165, 1.54) is 38.3 Å². The minimum Gasteiger partial charge on any atom is -0.467 e. The molecule has 144 valence electrons. The average Bonchev–Trinajstić information content (AvgIpc) is 2.58. The maximum absolute atomic E-state index is 12.2. The van der Waals surface area contributed by atoms with E-state index in [2.05, 4.69) is 14.8 Å². The summed E-state index contributed by atoms with van der Waals surface area (Å²) < 4.78 is 31.2. The van der Waals surface area contributed by atoms with Gasteiger partial charge in [0.25, 0.3) is 0 Å². The number of amides is 1. The number of ketones is 1. The van der Waals surface area contributed by atoms with Crippen LogP contribution in [0.2, 0.25) is 0 Å². The van der Waals surface area contributed by atoms with Crippen molar-refractivity contribution in [2.24, 2.45) is 5.92 Å². The topological polar surface area (TPSA) is 119 Å². The predicted molar refractivity (Wildman–Crippen MR) is 95.0 cm³/mol. The highest BCUT2D eigenvalue weighted by molar-refractivity contribution is 7.89. The molecule has 0 aliphatic carbocycles. The molecule has 1 aromatic carbocycles. The lowest BCUT2D eigenvalue weighted by Gasteiger charge is -2.18. The normalized spacial score (nSPS) is 12.5. The molecule has 26 heavy (non-hydrogen) atoms. The minimum atomic E-state index is -3.92. The largest absolute Gasteiger partial charge is 0.467 e. The first kappa shape index (κ1) is 21.8. The Morgan fingerprint density at radius 1 is 1.12 bits per heavy atom. The van der Waals surface area contributed by atoms with Crippen LogP contribution in [-0.4, -0.2) is 45.8 Å². The molecular formula is C17H24N2O6S. The quantitative estimate of drug-likeness (QED) is 0.482. The zero-order chi connectivity index (χ0) is 19.9. The number of carbonyl (C=O) groups is 3. The smallest absolute Gasteiger partial charge is 0.328 e. The molecule has 0 aliphatic heterocycles. The Labute approximate surface area is 153 Å². The molecule has 1 rings (SSSR count). The molecule has 0 bridgehead atoms. The molecule has 0 saturated carbocycles. The van der Waals surface area contributed by atoms with Gasteiger partial charge in [-0.2, -0.15) is 0 Å². The molecule has 0 saturated heterocycles. The zero-order valence-electron chi connectivity index (χ0n) is 15.2. The van der Waals surface area contributed by atoms with E-state index in [1.807, 2.05) is 13.8 Å². The van der Waals surface area contributed by atoms with Gasteiger partial charge in [0.15, 0.2) is 5.78 Å².